The van der Waals surface area contributed by atoms with Gasteiger partial charge in [-0.15, -0.1) is 10.2 Å². The number of rotatable bonds is 9. The van der Waals surface area contributed by atoms with Gasteiger partial charge in [0.2, 0.25) is 5.13 Å². The summed E-state index contributed by atoms with van der Waals surface area (Å²) in [5.74, 6) is -0.469. The number of nitrogens with one attached hydrogen (secondary N) is 1. The number of aromatic nitrogens is 4. The lowest BCUT2D eigenvalue weighted by molar-refractivity contribution is -0.137. The van der Waals surface area contributed by atoms with Gasteiger partial charge in [-0.2, -0.15) is 18.3 Å². The van der Waals surface area contributed by atoms with Crippen LogP contribution in [-0.2, 0) is 11.9 Å². The van der Waals surface area contributed by atoms with Crippen LogP contribution in [0.15, 0.2) is 59.1 Å². The third-order valence-corrected chi connectivity index (χ3v) is 6.74. The summed E-state index contributed by atoms with van der Waals surface area (Å²) in [6, 6.07) is 10.7. The number of ether oxygens (including phenoxy) is 1. The Morgan fingerprint density at radius 2 is 1.94 bits per heavy atom. The molecule has 4 rings (SSSR count). The Hall–Kier alpha value is -3.45. The van der Waals surface area contributed by atoms with Crippen molar-refractivity contribution in [1.29, 1.82) is 0 Å². The standard InChI is InChI=1S/C23H19F4N5O2S2/c1-2-10-34-18-12-32(17-8-6-16(24)7-9-17)31-19(18)20(33)28-21-29-30-22(36-21)35-13-14-4-3-5-15(11-14)23(25,26)27/h3-9,11-12H,2,10,13H2,1H3,(H,28,29,33). The van der Waals surface area contributed by atoms with E-state index in [9.17, 15) is 22.4 Å². The number of hydrogen-bond acceptors (Lipinski definition) is 7. The van der Waals surface area contributed by atoms with E-state index >= 15 is 0 Å². The third kappa shape index (κ3) is 6.40. The molecule has 2 aromatic carbocycles. The molecule has 0 unspecified atom stereocenters. The van der Waals surface area contributed by atoms with E-state index in [0.29, 0.717) is 28.6 Å². The van der Waals surface area contributed by atoms with Crippen molar-refractivity contribution in [3.8, 4) is 11.4 Å². The quantitative estimate of drug-likeness (QED) is 0.155. The van der Waals surface area contributed by atoms with Crippen molar-refractivity contribution in [2.45, 2.75) is 29.6 Å². The zero-order valence-electron chi connectivity index (χ0n) is 18.8. The van der Waals surface area contributed by atoms with Crippen molar-refractivity contribution >= 4 is 34.1 Å². The Bertz CT molecular complexity index is 1340. The van der Waals surface area contributed by atoms with Crippen LogP contribution in [0.25, 0.3) is 5.69 Å². The number of thioether (sulfide) groups is 1. The first-order valence-corrected chi connectivity index (χ1v) is 12.5. The molecule has 0 atom stereocenters. The van der Waals surface area contributed by atoms with Gasteiger partial charge in [0, 0.05) is 5.75 Å². The van der Waals surface area contributed by atoms with Crippen LogP contribution in [-0.4, -0.2) is 32.5 Å². The Kier molecular flexibility index (Phi) is 7.89. The van der Waals surface area contributed by atoms with Gasteiger partial charge in [0.1, 0.15) is 5.82 Å². The summed E-state index contributed by atoms with van der Waals surface area (Å²) in [5, 5.41) is 15.0. The molecule has 0 saturated carbocycles. The highest BCUT2D eigenvalue weighted by Gasteiger charge is 2.30. The summed E-state index contributed by atoms with van der Waals surface area (Å²) in [6.07, 6.45) is -2.16. The predicted molar refractivity (Wildman–Crippen MR) is 128 cm³/mol. The van der Waals surface area contributed by atoms with Gasteiger partial charge in [0.25, 0.3) is 5.91 Å². The zero-order chi connectivity index (χ0) is 25.7. The lowest BCUT2D eigenvalue weighted by Crippen LogP contribution is -2.14. The topological polar surface area (TPSA) is 81.9 Å². The first kappa shape index (κ1) is 25.6. The van der Waals surface area contributed by atoms with Crippen LogP contribution >= 0.6 is 23.1 Å². The fourth-order valence-corrected chi connectivity index (χ4v) is 4.71. The molecule has 1 amide bonds. The number of carbonyl (C=O) groups excluding carboxylic acids is 1. The van der Waals surface area contributed by atoms with E-state index < -0.39 is 23.5 Å². The van der Waals surface area contributed by atoms with Gasteiger partial charge in [-0.05, 0) is 42.3 Å². The smallest absolute Gasteiger partial charge is 0.416 e. The predicted octanol–water partition coefficient (Wildman–Crippen LogP) is 6.22. The van der Waals surface area contributed by atoms with E-state index in [2.05, 4.69) is 20.6 Å². The molecule has 2 heterocycles. The Labute approximate surface area is 211 Å². The summed E-state index contributed by atoms with van der Waals surface area (Å²) >= 11 is 2.29. The van der Waals surface area contributed by atoms with Gasteiger partial charge >= 0.3 is 6.18 Å². The molecule has 0 aliphatic heterocycles. The molecule has 0 radical (unpaired) electrons. The summed E-state index contributed by atoms with van der Waals surface area (Å²) in [4.78, 5) is 12.9. The Morgan fingerprint density at radius 3 is 2.67 bits per heavy atom. The maximum Gasteiger partial charge on any atom is 0.416 e. The molecule has 7 nitrogen and oxygen atoms in total. The minimum Gasteiger partial charge on any atom is -0.489 e. The number of benzene rings is 2. The summed E-state index contributed by atoms with van der Waals surface area (Å²) < 4.78 is 59.5. The van der Waals surface area contributed by atoms with E-state index in [1.54, 1.807) is 6.07 Å². The maximum atomic E-state index is 13.3. The molecule has 0 aliphatic carbocycles. The number of amides is 1. The second-order valence-corrected chi connectivity index (χ2v) is 9.63. The van der Waals surface area contributed by atoms with E-state index in [4.69, 9.17) is 4.74 Å². The Balaban J connectivity index is 1.44. The largest absolute Gasteiger partial charge is 0.489 e. The number of alkyl halides is 3. The SMILES string of the molecule is CCCOc1cn(-c2ccc(F)cc2)nc1C(=O)Nc1nnc(SCc2cccc(C(F)(F)F)c2)s1. The molecule has 2 aromatic heterocycles. The Morgan fingerprint density at radius 1 is 1.17 bits per heavy atom. The van der Waals surface area contributed by atoms with Crippen molar-refractivity contribution in [3.63, 3.8) is 0 Å². The van der Waals surface area contributed by atoms with Crippen molar-refractivity contribution in [2.24, 2.45) is 0 Å². The van der Waals surface area contributed by atoms with E-state index in [1.807, 2.05) is 6.92 Å². The minimum absolute atomic E-state index is 0.0149. The molecule has 0 aliphatic rings. The van der Waals surface area contributed by atoms with Gasteiger partial charge < -0.3 is 4.74 Å². The highest BCUT2D eigenvalue weighted by atomic mass is 32.2. The van der Waals surface area contributed by atoms with Crippen LogP contribution in [0, 0.1) is 5.82 Å². The lowest BCUT2D eigenvalue weighted by Gasteiger charge is -2.07. The minimum atomic E-state index is -4.41. The van der Waals surface area contributed by atoms with E-state index in [-0.39, 0.29) is 22.3 Å². The summed E-state index contributed by atoms with van der Waals surface area (Å²) in [5.41, 5.74) is 0.328. The number of hydrogen-bond donors (Lipinski definition) is 1. The van der Waals surface area contributed by atoms with Crippen LogP contribution < -0.4 is 10.1 Å². The number of carbonyl (C=O) groups is 1. The average Bonchev–Trinajstić information content (AvgIpc) is 3.48. The van der Waals surface area contributed by atoms with Crippen LogP contribution in [0.1, 0.15) is 35.0 Å². The molecule has 1 N–H and O–H groups in total. The molecular weight excluding hydrogens is 518 g/mol. The first-order valence-electron chi connectivity index (χ1n) is 10.6. The van der Waals surface area contributed by atoms with Gasteiger partial charge in [0.05, 0.1) is 24.1 Å². The fraction of sp³-hybridized carbons (Fsp3) is 0.217. The van der Waals surface area contributed by atoms with Crippen molar-refractivity contribution in [2.75, 3.05) is 11.9 Å². The molecule has 0 spiro atoms. The van der Waals surface area contributed by atoms with Crippen LogP contribution in [0.2, 0.25) is 0 Å². The molecule has 4 aromatic rings. The average molecular weight is 538 g/mol. The van der Waals surface area contributed by atoms with Gasteiger partial charge in [-0.3, -0.25) is 10.1 Å². The summed E-state index contributed by atoms with van der Waals surface area (Å²) in [6.45, 7) is 2.29. The molecule has 0 saturated heterocycles. The van der Waals surface area contributed by atoms with E-state index in [0.717, 1.165) is 23.5 Å². The first-order chi connectivity index (χ1) is 17.2. The normalized spacial score (nSPS) is 11.5. The fourth-order valence-electron chi connectivity index (χ4n) is 3.02. The van der Waals surface area contributed by atoms with Crippen LogP contribution in [0.5, 0.6) is 5.75 Å². The van der Waals surface area contributed by atoms with Crippen molar-refractivity contribution in [3.05, 3.63) is 77.4 Å². The second-order valence-electron chi connectivity index (χ2n) is 7.43. The second kappa shape index (κ2) is 11.1. The third-order valence-electron chi connectivity index (χ3n) is 4.69. The van der Waals surface area contributed by atoms with Crippen molar-refractivity contribution in [1.82, 2.24) is 20.0 Å². The molecular formula is C23H19F4N5O2S2. The maximum absolute atomic E-state index is 13.3. The summed E-state index contributed by atoms with van der Waals surface area (Å²) in [7, 11) is 0. The highest BCUT2D eigenvalue weighted by molar-refractivity contribution is 8.00. The number of halogens is 4. The molecule has 36 heavy (non-hydrogen) atoms. The molecule has 13 heteroatoms. The molecule has 188 valence electrons. The molecule has 0 bridgehead atoms. The van der Waals surface area contributed by atoms with Crippen LogP contribution in [0.4, 0.5) is 22.7 Å². The van der Waals surface area contributed by atoms with Crippen LogP contribution in [0.3, 0.4) is 0 Å². The van der Waals surface area contributed by atoms with E-state index in [1.165, 1.54) is 53.0 Å². The van der Waals surface area contributed by atoms with Crippen molar-refractivity contribution < 1.29 is 27.1 Å². The highest BCUT2D eigenvalue weighted by Crippen LogP contribution is 2.33. The van der Waals surface area contributed by atoms with Gasteiger partial charge in [0.15, 0.2) is 15.8 Å². The zero-order valence-corrected chi connectivity index (χ0v) is 20.4. The number of anilines is 1. The lowest BCUT2D eigenvalue weighted by atomic mass is 10.1. The van der Waals surface area contributed by atoms with Gasteiger partial charge in [-0.1, -0.05) is 48.2 Å². The molecule has 0 fully saturated rings. The number of nitrogens with zero attached hydrogens (tertiary/aromatic N) is 4. The van der Waals surface area contributed by atoms with Gasteiger partial charge in [-0.25, -0.2) is 9.07 Å². The monoisotopic (exact) mass is 537 g/mol.